The normalized spacial score (nSPS) is 13.4. The number of anilines is 1. The number of amides is 1. The molecule has 1 aromatic heterocycles. The average molecular weight is 374 g/mol. The van der Waals surface area contributed by atoms with E-state index in [1.54, 1.807) is 0 Å². The molecule has 1 aliphatic rings. The lowest BCUT2D eigenvalue weighted by molar-refractivity contribution is -0.117. The fraction of sp³-hybridized carbons (Fsp3) is 0.304. The molecular weight excluding hydrogens is 348 g/mol. The molecule has 0 saturated carbocycles. The number of nitrogens with zero attached hydrogens (tertiary/aromatic N) is 3. The molecule has 2 aromatic carbocycles. The van der Waals surface area contributed by atoms with Crippen LogP contribution in [0.1, 0.15) is 28.9 Å². The van der Waals surface area contributed by atoms with E-state index in [9.17, 15) is 4.79 Å². The second-order valence-electron chi connectivity index (χ2n) is 7.28. The van der Waals surface area contributed by atoms with Gasteiger partial charge in [0.05, 0.1) is 17.9 Å². The quantitative estimate of drug-likeness (QED) is 0.743. The van der Waals surface area contributed by atoms with Crippen molar-refractivity contribution in [2.75, 3.05) is 18.0 Å². The molecule has 4 rings (SSSR count). The summed E-state index contributed by atoms with van der Waals surface area (Å²) in [5.74, 6) is 0.123. The van der Waals surface area contributed by atoms with Gasteiger partial charge in [-0.25, -0.2) is 4.68 Å². The number of rotatable bonds is 5. The molecule has 144 valence electrons. The van der Waals surface area contributed by atoms with E-state index in [4.69, 9.17) is 0 Å². The number of nitrogens with one attached hydrogen (secondary N) is 1. The number of benzene rings is 2. The van der Waals surface area contributed by atoms with Gasteiger partial charge in [-0.15, -0.1) is 0 Å². The minimum Gasteiger partial charge on any atom is -0.311 e. The lowest BCUT2D eigenvalue weighted by Crippen LogP contribution is -2.41. The molecule has 0 bridgehead atoms. The molecule has 0 aliphatic carbocycles. The number of carbonyl (C=O) groups is 1. The highest BCUT2D eigenvalue weighted by Crippen LogP contribution is 2.26. The van der Waals surface area contributed by atoms with Crippen LogP contribution in [-0.2, 0) is 17.8 Å². The third kappa shape index (κ3) is 3.58. The third-order valence-electron chi connectivity index (χ3n) is 5.43. The topological polar surface area (TPSA) is 50.2 Å². The van der Waals surface area contributed by atoms with Crippen molar-refractivity contribution in [1.29, 1.82) is 0 Å². The Morgan fingerprint density at radius 3 is 2.64 bits per heavy atom. The summed E-state index contributed by atoms with van der Waals surface area (Å²) in [7, 11) is 0. The highest BCUT2D eigenvalue weighted by atomic mass is 16.2. The first-order valence-corrected chi connectivity index (χ1v) is 9.84. The predicted octanol–water partition coefficient (Wildman–Crippen LogP) is 3.56. The summed E-state index contributed by atoms with van der Waals surface area (Å²) in [6.07, 6.45) is 2.06. The smallest absolute Gasteiger partial charge is 0.240 e. The van der Waals surface area contributed by atoms with E-state index in [1.807, 2.05) is 65.0 Å². The van der Waals surface area contributed by atoms with Gasteiger partial charge in [0, 0.05) is 30.0 Å². The molecule has 0 atom stereocenters. The fourth-order valence-electron chi connectivity index (χ4n) is 3.93. The van der Waals surface area contributed by atoms with Crippen LogP contribution in [0.3, 0.4) is 0 Å². The minimum atomic E-state index is 0.123. The Labute approximate surface area is 166 Å². The molecule has 0 saturated heterocycles. The van der Waals surface area contributed by atoms with Crippen molar-refractivity contribution in [1.82, 2.24) is 15.1 Å². The number of para-hydroxylation sites is 2. The van der Waals surface area contributed by atoms with Gasteiger partial charge in [-0.3, -0.25) is 4.79 Å². The summed E-state index contributed by atoms with van der Waals surface area (Å²) in [6, 6.07) is 18.3. The predicted molar refractivity (Wildman–Crippen MR) is 112 cm³/mol. The standard InChI is InChI=1S/C23H26N4O/c1-17-21(18(2)27(25-17)20-11-4-3-5-12-20)15-24-16-23(28)26-14-8-10-19-9-6-7-13-22(19)26/h3-7,9,11-13,24H,8,10,14-16H2,1-2H3. The van der Waals surface area contributed by atoms with Crippen molar-refractivity contribution in [3.8, 4) is 5.69 Å². The summed E-state index contributed by atoms with van der Waals surface area (Å²) < 4.78 is 1.97. The third-order valence-corrected chi connectivity index (χ3v) is 5.43. The Balaban J connectivity index is 1.42. The van der Waals surface area contributed by atoms with E-state index < -0.39 is 0 Å². The van der Waals surface area contributed by atoms with Gasteiger partial charge in [0.2, 0.25) is 5.91 Å². The van der Waals surface area contributed by atoms with Crippen LogP contribution in [0.2, 0.25) is 0 Å². The Kier molecular flexibility index (Phi) is 5.26. The summed E-state index contributed by atoms with van der Waals surface area (Å²) >= 11 is 0. The molecule has 2 heterocycles. The van der Waals surface area contributed by atoms with Crippen molar-refractivity contribution >= 4 is 11.6 Å². The average Bonchev–Trinajstić information content (AvgIpc) is 3.02. The molecule has 0 unspecified atom stereocenters. The van der Waals surface area contributed by atoms with Crippen molar-refractivity contribution < 1.29 is 4.79 Å². The van der Waals surface area contributed by atoms with Gasteiger partial charge in [-0.2, -0.15) is 5.10 Å². The molecule has 28 heavy (non-hydrogen) atoms. The fourth-order valence-corrected chi connectivity index (χ4v) is 3.93. The number of carbonyl (C=O) groups excluding carboxylic acids is 1. The van der Waals surface area contributed by atoms with Gasteiger partial charge in [-0.05, 0) is 50.5 Å². The van der Waals surface area contributed by atoms with E-state index in [0.717, 1.165) is 47.7 Å². The van der Waals surface area contributed by atoms with Gasteiger partial charge in [0.15, 0.2) is 0 Å². The van der Waals surface area contributed by atoms with Gasteiger partial charge >= 0.3 is 0 Å². The number of hydrogen-bond donors (Lipinski definition) is 1. The molecule has 0 spiro atoms. The highest BCUT2D eigenvalue weighted by Gasteiger charge is 2.22. The lowest BCUT2D eigenvalue weighted by atomic mass is 10.0. The summed E-state index contributed by atoms with van der Waals surface area (Å²) in [6.45, 7) is 5.84. The summed E-state index contributed by atoms with van der Waals surface area (Å²) in [5, 5.41) is 8.01. The zero-order valence-electron chi connectivity index (χ0n) is 16.5. The van der Waals surface area contributed by atoms with Crippen LogP contribution in [0.15, 0.2) is 54.6 Å². The molecule has 5 heteroatoms. The maximum absolute atomic E-state index is 12.8. The first-order valence-electron chi connectivity index (χ1n) is 9.84. The maximum Gasteiger partial charge on any atom is 0.240 e. The SMILES string of the molecule is Cc1nn(-c2ccccc2)c(C)c1CNCC(=O)N1CCCc2ccccc21. The zero-order valence-corrected chi connectivity index (χ0v) is 16.5. The maximum atomic E-state index is 12.8. The molecule has 0 fully saturated rings. The molecule has 1 amide bonds. The van der Waals surface area contributed by atoms with Gasteiger partial charge in [-0.1, -0.05) is 36.4 Å². The minimum absolute atomic E-state index is 0.123. The highest BCUT2D eigenvalue weighted by molar-refractivity contribution is 5.95. The van der Waals surface area contributed by atoms with Crippen molar-refractivity contribution in [2.45, 2.75) is 33.2 Å². The van der Waals surface area contributed by atoms with Crippen molar-refractivity contribution in [2.24, 2.45) is 0 Å². The van der Waals surface area contributed by atoms with Crippen LogP contribution in [0.25, 0.3) is 5.69 Å². The van der Waals surface area contributed by atoms with Crippen LogP contribution < -0.4 is 10.2 Å². The van der Waals surface area contributed by atoms with E-state index >= 15 is 0 Å². The number of fused-ring (bicyclic) bond motifs is 1. The van der Waals surface area contributed by atoms with E-state index in [1.165, 1.54) is 5.56 Å². The zero-order chi connectivity index (χ0) is 19.5. The van der Waals surface area contributed by atoms with Gasteiger partial charge in [0.1, 0.15) is 0 Å². The van der Waals surface area contributed by atoms with Crippen LogP contribution >= 0.6 is 0 Å². The summed E-state index contributed by atoms with van der Waals surface area (Å²) in [5.41, 5.74) is 6.62. The molecule has 3 aromatic rings. The Bertz CT molecular complexity index is 978. The lowest BCUT2D eigenvalue weighted by Gasteiger charge is -2.29. The van der Waals surface area contributed by atoms with Crippen LogP contribution in [-0.4, -0.2) is 28.8 Å². The van der Waals surface area contributed by atoms with E-state index in [-0.39, 0.29) is 5.91 Å². The van der Waals surface area contributed by atoms with Gasteiger partial charge in [0.25, 0.3) is 0 Å². The first-order chi connectivity index (χ1) is 13.6. The van der Waals surface area contributed by atoms with Crippen molar-refractivity contribution in [3.63, 3.8) is 0 Å². The number of aromatic nitrogens is 2. The van der Waals surface area contributed by atoms with E-state index in [2.05, 4.69) is 23.4 Å². The monoisotopic (exact) mass is 374 g/mol. The van der Waals surface area contributed by atoms with Crippen molar-refractivity contribution in [3.05, 3.63) is 77.1 Å². The Hall–Kier alpha value is -2.92. The summed E-state index contributed by atoms with van der Waals surface area (Å²) in [4.78, 5) is 14.7. The van der Waals surface area contributed by atoms with Crippen LogP contribution in [0, 0.1) is 13.8 Å². The van der Waals surface area contributed by atoms with Crippen LogP contribution in [0.4, 0.5) is 5.69 Å². The van der Waals surface area contributed by atoms with Gasteiger partial charge < -0.3 is 10.2 Å². The van der Waals surface area contributed by atoms with E-state index in [0.29, 0.717) is 13.1 Å². The molecule has 5 nitrogen and oxygen atoms in total. The largest absolute Gasteiger partial charge is 0.311 e. The molecule has 1 N–H and O–H groups in total. The Morgan fingerprint density at radius 1 is 1.07 bits per heavy atom. The first kappa shape index (κ1) is 18.4. The Morgan fingerprint density at radius 2 is 1.82 bits per heavy atom. The number of aryl methyl sites for hydroxylation is 2. The number of hydrogen-bond acceptors (Lipinski definition) is 3. The molecule has 1 aliphatic heterocycles. The van der Waals surface area contributed by atoms with Crippen LogP contribution in [0.5, 0.6) is 0 Å². The molecular formula is C23H26N4O. The second-order valence-corrected chi connectivity index (χ2v) is 7.28. The second kappa shape index (κ2) is 7.98. The molecule has 0 radical (unpaired) electrons.